The van der Waals surface area contributed by atoms with Crippen molar-refractivity contribution in [3.8, 4) is 0 Å². The van der Waals surface area contributed by atoms with E-state index in [0.29, 0.717) is 20.9 Å². The van der Waals surface area contributed by atoms with Gasteiger partial charge in [-0.2, -0.15) is 0 Å². The van der Waals surface area contributed by atoms with E-state index in [2.05, 4.69) is 31.9 Å². The van der Waals surface area contributed by atoms with Crippen molar-refractivity contribution in [2.75, 3.05) is 0 Å². The van der Waals surface area contributed by atoms with Gasteiger partial charge in [0.25, 0.3) is 0 Å². The maximum absolute atomic E-state index is 10.5. The molecule has 2 aromatic rings. The fourth-order valence-corrected chi connectivity index (χ4v) is 1.68. The van der Waals surface area contributed by atoms with Crippen LogP contribution in [0.3, 0.4) is 0 Å². The molecule has 6 heteroatoms. The van der Waals surface area contributed by atoms with Crippen molar-refractivity contribution in [3.63, 3.8) is 0 Å². The minimum absolute atomic E-state index is 0.0549. The number of carbonyl (C=O) groups is 1. The van der Waals surface area contributed by atoms with E-state index in [1.807, 2.05) is 0 Å². The molecule has 0 fully saturated rings. The first-order valence-electron chi connectivity index (χ1n) is 5.09. The Kier molecular flexibility index (Phi) is 5.84. The number of aliphatic hydroxyl groups is 1. The SMILES string of the molecule is CC(=O)c1ccc(Br)o1.CC(O)c1ccc(Br)o1. The number of carbonyl (C=O) groups excluding carboxylic acids is 1. The third-order valence-corrected chi connectivity index (χ3v) is 2.78. The average molecular weight is 380 g/mol. The van der Waals surface area contributed by atoms with Gasteiger partial charge in [0.2, 0.25) is 0 Å². The molecule has 98 valence electrons. The topological polar surface area (TPSA) is 63.6 Å². The van der Waals surface area contributed by atoms with Crippen LogP contribution in [0, 0.1) is 0 Å². The highest BCUT2D eigenvalue weighted by molar-refractivity contribution is 9.10. The molecule has 0 saturated heterocycles. The van der Waals surface area contributed by atoms with Crippen LogP contribution in [0.5, 0.6) is 0 Å². The molecule has 2 rings (SSSR count). The number of rotatable bonds is 2. The van der Waals surface area contributed by atoms with Crippen molar-refractivity contribution in [2.45, 2.75) is 20.0 Å². The number of hydrogen-bond donors (Lipinski definition) is 1. The fourth-order valence-electron chi connectivity index (χ4n) is 1.06. The normalized spacial score (nSPS) is 11.6. The summed E-state index contributed by atoms with van der Waals surface area (Å²) in [5.74, 6) is 0.921. The van der Waals surface area contributed by atoms with Gasteiger partial charge in [0.05, 0.1) is 0 Å². The van der Waals surface area contributed by atoms with Crippen LogP contribution in [0.1, 0.15) is 36.3 Å². The molecular formula is C12H12Br2O4. The quantitative estimate of drug-likeness (QED) is 0.788. The molecule has 0 aromatic carbocycles. The summed E-state index contributed by atoms with van der Waals surface area (Å²) in [6, 6.07) is 6.81. The second-order valence-corrected chi connectivity index (χ2v) is 5.04. The molecule has 1 unspecified atom stereocenters. The maximum Gasteiger partial charge on any atom is 0.194 e. The molecule has 18 heavy (non-hydrogen) atoms. The molecule has 0 aliphatic heterocycles. The number of aliphatic hydroxyl groups excluding tert-OH is 1. The van der Waals surface area contributed by atoms with Gasteiger partial charge in [-0.25, -0.2) is 0 Å². The van der Waals surface area contributed by atoms with Crippen LogP contribution in [0.25, 0.3) is 0 Å². The zero-order valence-electron chi connectivity index (χ0n) is 9.81. The summed E-state index contributed by atoms with van der Waals surface area (Å²) in [6.45, 7) is 3.12. The van der Waals surface area contributed by atoms with E-state index in [9.17, 15) is 4.79 Å². The van der Waals surface area contributed by atoms with Gasteiger partial charge in [0.1, 0.15) is 11.9 Å². The number of ketones is 1. The van der Waals surface area contributed by atoms with Crippen LogP contribution in [0.2, 0.25) is 0 Å². The van der Waals surface area contributed by atoms with Gasteiger partial charge in [-0.3, -0.25) is 4.79 Å². The van der Waals surface area contributed by atoms with Crippen molar-refractivity contribution in [2.24, 2.45) is 0 Å². The highest BCUT2D eigenvalue weighted by atomic mass is 79.9. The first kappa shape index (κ1) is 15.2. The summed E-state index contributed by atoms with van der Waals surface area (Å²) in [4.78, 5) is 10.5. The summed E-state index contributed by atoms with van der Waals surface area (Å²) in [5.41, 5.74) is 0. The van der Waals surface area contributed by atoms with E-state index in [1.54, 1.807) is 31.2 Å². The number of hydrogen-bond acceptors (Lipinski definition) is 4. The number of Topliss-reactive ketones (excluding diaryl/α,β-unsaturated/α-hetero) is 1. The van der Waals surface area contributed by atoms with Crippen LogP contribution < -0.4 is 0 Å². The molecule has 0 aliphatic carbocycles. The highest BCUT2D eigenvalue weighted by Gasteiger charge is 2.04. The number of furan rings is 2. The smallest absolute Gasteiger partial charge is 0.194 e. The standard InChI is InChI=1S/C6H7BrO2.C6H5BrO2/c2*1-4(8)5-2-3-6(7)9-5/h2-4,8H,1H3;2-3H,1H3. The van der Waals surface area contributed by atoms with Crippen LogP contribution in [-0.2, 0) is 0 Å². The Morgan fingerprint density at radius 3 is 1.94 bits per heavy atom. The minimum atomic E-state index is -0.517. The molecular weight excluding hydrogens is 368 g/mol. The molecule has 1 N–H and O–H groups in total. The third-order valence-electron chi connectivity index (χ3n) is 1.93. The average Bonchev–Trinajstić information content (AvgIpc) is 2.88. The molecule has 0 radical (unpaired) electrons. The molecule has 2 aromatic heterocycles. The Morgan fingerprint density at radius 1 is 1.17 bits per heavy atom. The van der Waals surface area contributed by atoms with Crippen LogP contribution in [0.4, 0.5) is 0 Å². The summed E-state index contributed by atoms with van der Waals surface area (Å²) < 4.78 is 11.2. The second kappa shape index (κ2) is 6.92. The summed E-state index contributed by atoms with van der Waals surface area (Å²) in [6.07, 6.45) is -0.517. The third kappa shape index (κ3) is 4.80. The van der Waals surface area contributed by atoms with Gasteiger partial charge in [0.15, 0.2) is 20.9 Å². The van der Waals surface area contributed by atoms with Gasteiger partial charge < -0.3 is 13.9 Å². The molecule has 1 atom stereocenters. The Bertz CT molecular complexity index is 514. The fraction of sp³-hybridized carbons (Fsp3) is 0.250. The largest absolute Gasteiger partial charge is 0.452 e. The van der Waals surface area contributed by atoms with Crippen molar-refractivity contribution in [3.05, 3.63) is 45.1 Å². The van der Waals surface area contributed by atoms with Crippen molar-refractivity contribution < 1.29 is 18.7 Å². The Hall–Kier alpha value is -0.850. The summed E-state index contributed by atoms with van der Waals surface area (Å²) >= 11 is 6.20. The van der Waals surface area contributed by atoms with Crippen molar-refractivity contribution in [1.29, 1.82) is 0 Å². The highest BCUT2D eigenvalue weighted by Crippen LogP contribution is 2.19. The second-order valence-electron chi connectivity index (χ2n) is 3.48. The minimum Gasteiger partial charge on any atom is -0.452 e. The Balaban J connectivity index is 0.000000180. The first-order chi connectivity index (χ1) is 8.40. The lowest BCUT2D eigenvalue weighted by molar-refractivity contribution is 0.0986. The molecule has 0 aliphatic rings. The Labute approximate surface area is 121 Å². The molecule has 0 spiro atoms. The number of halogens is 2. The van der Waals surface area contributed by atoms with Gasteiger partial charge in [-0.15, -0.1) is 0 Å². The molecule has 0 saturated carbocycles. The molecule has 0 bridgehead atoms. The lowest BCUT2D eigenvalue weighted by Crippen LogP contribution is -1.85. The molecule has 0 amide bonds. The first-order valence-corrected chi connectivity index (χ1v) is 6.68. The van der Waals surface area contributed by atoms with Crippen LogP contribution in [-0.4, -0.2) is 10.9 Å². The monoisotopic (exact) mass is 378 g/mol. The van der Waals surface area contributed by atoms with Gasteiger partial charge >= 0.3 is 0 Å². The van der Waals surface area contributed by atoms with Crippen molar-refractivity contribution >= 4 is 37.6 Å². The lowest BCUT2D eigenvalue weighted by atomic mass is 10.3. The van der Waals surface area contributed by atoms with Crippen molar-refractivity contribution in [1.82, 2.24) is 0 Å². The van der Waals surface area contributed by atoms with Crippen LogP contribution in [0.15, 0.2) is 42.4 Å². The van der Waals surface area contributed by atoms with E-state index in [0.717, 1.165) is 0 Å². The van der Waals surface area contributed by atoms with E-state index in [1.165, 1.54) is 6.92 Å². The zero-order chi connectivity index (χ0) is 13.7. The van der Waals surface area contributed by atoms with Crippen LogP contribution >= 0.6 is 31.9 Å². The zero-order valence-corrected chi connectivity index (χ0v) is 13.0. The van der Waals surface area contributed by atoms with E-state index < -0.39 is 6.10 Å². The van der Waals surface area contributed by atoms with Gasteiger partial charge in [-0.1, -0.05) is 0 Å². The molecule has 2 heterocycles. The predicted octanol–water partition coefficient (Wildman–Crippen LogP) is 4.34. The van der Waals surface area contributed by atoms with E-state index >= 15 is 0 Å². The predicted molar refractivity (Wildman–Crippen MR) is 73.5 cm³/mol. The summed E-state index contributed by atoms with van der Waals surface area (Å²) in [7, 11) is 0. The Morgan fingerprint density at radius 2 is 1.72 bits per heavy atom. The van der Waals surface area contributed by atoms with Gasteiger partial charge in [-0.05, 0) is 63.0 Å². The van der Waals surface area contributed by atoms with E-state index in [4.69, 9.17) is 13.9 Å². The molecule has 4 nitrogen and oxygen atoms in total. The van der Waals surface area contributed by atoms with E-state index in [-0.39, 0.29) is 5.78 Å². The lowest BCUT2D eigenvalue weighted by Gasteiger charge is -1.95. The maximum atomic E-state index is 10.5. The summed E-state index contributed by atoms with van der Waals surface area (Å²) in [5, 5.41) is 8.92. The van der Waals surface area contributed by atoms with Gasteiger partial charge in [0, 0.05) is 6.92 Å².